The molecule has 3 N–H and O–H groups in total. The van der Waals surface area contributed by atoms with Gasteiger partial charge in [0.05, 0.1) is 17.7 Å². The molecule has 17 heavy (non-hydrogen) atoms. The molecule has 0 saturated carbocycles. The molecule has 0 spiro atoms. The van der Waals surface area contributed by atoms with E-state index < -0.39 is 10.1 Å². The molecule has 0 radical (unpaired) electrons. The van der Waals surface area contributed by atoms with Crippen molar-refractivity contribution in [3.05, 3.63) is 41.5 Å². The van der Waals surface area contributed by atoms with Crippen LogP contribution in [0.4, 0.5) is 0 Å². The summed E-state index contributed by atoms with van der Waals surface area (Å²) in [6.45, 7) is 0. The lowest BCUT2D eigenvalue weighted by Gasteiger charge is -2.10. The maximum Gasteiger partial charge on any atom is 0.261 e. The van der Waals surface area contributed by atoms with Crippen molar-refractivity contribution in [3.63, 3.8) is 0 Å². The minimum atomic E-state index is -3.67. The number of allylic oxidation sites excluding steroid dienone is 1. The Hall–Kier alpha value is -1.79. The summed E-state index contributed by atoms with van der Waals surface area (Å²) in [6, 6.07) is 7.65. The van der Waals surface area contributed by atoms with Crippen molar-refractivity contribution in [3.8, 4) is 0 Å². The molecule has 0 aliphatic heterocycles. The van der Waals surface area contributed by atoms with E-state index in [1.807, 2.05) is 30.3 Å². The largest absolute Gasteiger partial charge is 0.299 e. The lowest BCUT2D eigenvalue weighted by atomic mass is 9.94. The van der Waals surface area contributed by atoms with Crippen molar-refractivity contribution < 1.29 is 13.0 Å². The maximum atomic E-state index is 9.19. The first-order valence-electron chi connectivity index (χ1n) is 4.66. The highest BCUT2D eigenvalue weighted by Gasteiger charge is 2.12. The van der Waals surface area contributed by atoms with Gasteiger partial charge < -0.3 is 0 Å². The lowest BCUT2D eigenvalue weighted by molar-refractivity contribution is 0.490. The summed E-state index contributed by atoms with van der Waals surface area (Å²) in [7, 11) is -3.67. The lowest BCUT2D eigenvalue weighted by Crippen LogP contribution is -2.15. The molecule has 0 aromatic heterocycles. The van der Waals surface area contributed by atoms with Crippen molar-refractivity contribution in [2.45, 2.75) is 0 Å². The zero-order valence-corrected chi connectivity index (χ0v) is 9.95. The molecule has 1 aliphatic carbocycles. The topological polar surface area (TPSA) is 102 Å². The Balaban J connectivity index is 0.000000249. The van der Waals surface area contributed by atoms with Gasteiger partial charge in [-0.25, -0.2) is 0 Å². The van der Waals surface area contributed by atoms with E-state index in [1.54, 1.807) is 6.08 Å². The van der Waals surface area contributed by atoms with Gasteiger partial charge in [0.1, 0.15) is 0 Å². The van der Waals surface area contributed by atoms with Crippen LogP contribution in [-0.4, -0.2) is 30.6 Å². The first kappa shape index (κ1) is 13.3. The van der Waals surface area contributed by atoms with Gasteiger partial charge in [-0.05, 0) is 11.6 Å². The van der Waals surface area contributed by atoms with Gasteiger partial charge >= 0.3 is 0 Å². The first-order valence-corrected chi connectivity index (χ1v) is 6.51. The van der Waals surface area contributed by atoms with Gasteiger partial charge in [-0.1, -0.05) is 30.3 Å². The molecule has 0 bridgehead atoms. The summed E-state index contributed by atoms with van der Waals surface area (Å²) in [5.41, 5.74) is 2.48. The predicted molar refractivity (Wildman–Crippen MR) is 67.5 cm³/mol. The third-order valence-corrected chi connectivity index (χ3v) is 1.93. The van der Waals surface area contributed by atoms with Gasteiger partial charge in [0.2, 0.25) is 0 Å². The third-order valence-electron chi connectivity index (χ3n) is 1.93. The summed E-state index contributed by atoms with van der Waals surface area (Å²) in [5, 5.41) is 15.0. The van der Waals surface area contributed by atoms with E-state index in [0.717, 1.165) is 11.1 Å². The normalized spacial score (nSPS) is 13.8. The van der Waals surface area contributed by atoms with Crippen molar-refractivity contribution in [2.75, 3.05) is 6.26 Å². The molecule has 0 unspecified atom stereocenters. The number of fused-ring (bicyclic) bond motifs is 1. The first-order chi connectivity index (χ1) is 7.79. The van der Waals surface area contributed by atoms with Crippen LogP contribution in [0.15, 0.2) is 30.3 Å². The highest BCUT2D eigenvalue weighted by molar-refractivity contribution is 7.85. The van der Waals surface area contributed by atoms with Crippen molar-refractivity contribution >= 4 is 27.6 Å². The Morgan fingerprint density at radius 3 is 2.24 bits per heavy atom. The maximum absolute atomic E-state index is 9.19. The Morgan fingerprint density at radius 1 is 1.12 bits per heavy atom. The molecule has 0 atom stereocenters. The fourth-order valence-corrected chi connectivity index (χ4v) is 1.27. The van der Waals surface area contributed by atoms with Gasteiger partial charge in [-0.3, -0.25) is 15.4 Å². The van der Waals surface area contributed by atoms with Crippen LogP contribution in [0.1, 0.15) is 11.1 Å². The molecule has 6 heteroatoms. The van der Waals surface area contributed by atoms with E-state index in [2.05, 4.69) is 0 Å². The van der Waals surface area contributed by atoms with Crippen LogP contribution in [0.3, 0.4) is 0 Å². The highest BCUT2D eigenvalue weighted by atomic mass is 32.2. The average molecular weight is 252 g/mol. The zero-order chi connectivity index (χ0) is 13.1. The number of rotatable bonds is 0. The van der Waals surface area contributed by atoms with Crippen molar-refractivity contribution in [1.82, 2.24) is 0 Å². The fourth-order valence-electron chi connectivity index (χ4n) is 1.27. The van der Waals surface area contributed by atoms with E-state index in [4.69, 9.17) is 15.4 Å². The molecule has 90 valence electrons. The van der Waals surface area contributed by atoms with E-state index in [9.17, 15) is 8.42 Å². The number of hydrogen-bond donors (Lipinski definition) is 3. The van der Waals surface area contributed by atoms with E-state index in [0.29, 0.717) is 12.0 Å². The molecule has 0 saturated heterocycles. The molecule has 2 rings (SSSR count). The summed E-state index contributed by atoms with van der Waals surface area (Å²) in [5.74, 6) is 0. The van der Waals surface area contributed by atoms with Gasteiger partial charge in [0.15, 0.2) is 0 Å². The summed E-state index contributed by atoms with van der Waals surface area (Å²) >= 11 is 0. The van der Waals surface area contributed by atoms with Crippen LogP contribution >= 0.6 is 0 Å². The smallest absolute Gasteiger partial charge is 0.261 e. The highest BCUT2D eigenvalue weighted by Crippen LogP contribution is 2.16. The fraction of sp³-hybridized carbons (Fsp3) is 0.0909. The molecule has 1 aromatic rings. The second kappa shape index (κ2) is 5.03. The Morgan fingerprint density at radius 2 is 1.65 bits per heavy atom. The molecule has 0 heterocycles. The van der Waals surface area contributed by atoms with Crippen LogP contribution < -0.4 is 0 Å². The van der Waals surface area contributed by atoms with Crippen LogP contribution in [0.2, 0.25) is 0 Å². The molecule has 1 aliphatic rings. The van der Waals surface area contributed by atoms with Crippen LogP contribution in [0.5, 0.6) is 0 Å². The second-order valence-corrected chi connectivity index (χ2v) is 4.91. The molecule has 1 aromatic carbocycles. The minimum Gasteiger partial charge on any atom is -0.299 e. The van der Waals surface area contributed by atoms with Gasteiger partial charge in [-0.15, -0.1) is 0 Å². The number of hydrogen-bond acceptors (Lipinski definition) is 4. The molecular weight excluding hydrogens is 240 g/mol. The number of nitrogens with one attached hydrogen (secondary N) is 2. The second-order valence-electron chi connectivity index (χ2n) is 3.44. The monoisotopic (exact) mass is 252 g/mol. The Bertz CT molecular complexity index is 580. The predicted octanol–water partition coefficient (Wildman–Crippen LogP) is 1.61. The van der Waals surface area contributed by atoms with Crippen LogP contribution in [0, 0.1) is 10.8 Å². The SMILES string of the molecule is CS(=O)(=O)O.N=C1C=Cc2ccccc2C1=N. The number of benzene rings is 1. The Labute approximate surface area is 99.6 Å². The summed E-state index contributed by atoms with van der Waals surface area (Å²) in [6.07, 6.45) is 4.24. The zero-order valence-electron chi connectivity index (χ0n) is 9.14. The quantitative estimate of drug-likeness (QED) is 0.611. The summed E-state index contributed by atoms with van der Waals surface area (Å²) < 4.78 is 25.9. The van der Waals surface area contributed by atoms with Crippen molar-refractivity contribution in [1.29, 1.82) is 10.8 Å². The van der Waals surface area contributed by atoms with Gasteiger partial charge in [0.25, 0.3) is 10.1 Å². The van der Waals surface area contributed by atoms with Gasteiger partial charge in [0, 0.05) is 5.56 Å². The molecule has 0 fully saturated rings. The third kappa shape index (κ3) is 4.29. The molecule has 5 nitrogen and oxygen atoms in total. The van der Waals surface area contributed by atoms with Crippen LogP contribution in [0.25, 0.3) is 6.08 Å². The van der Waals surface area contributed by atoms with Crippen molar-refractivity contribution in [2.24, 2.45) is 0 Å². The summed E-state index contributed by atoms with van der Waals surface area (Å²) in [4.78, 5) is 0. The standard InChI is InChI=1S/C10H8N2.CH4O3S/c11-9-6-5-7-3-1-2-4-8(7)10(9)12;1-5(2,3)4/h1-6,11-12H;1H3,(H,2,3,4). The molecular formula is C11H12N2O3S. The average Bonchev–Trinajstić information content (AvgIpc) is 2.22. The van der Waals surface area contributed by atoms with E-state index in [-0.39, 0.29) is 5.71 Å². The molecule has 0 amide bonds. The van der Waals surface area contributed by atoms with E-state index >= 15 is 0 Å². The minimum absolute atomic E-state index is 0.286. The Kier molecular flexibility index (Phi) is 3.93. The van der Waals surface area contributed by atoms with Gasteiger partial charge in [-0.2, -0.15) is 8.42 Å². The van der Waals surface area contributed by atoms with Crippen LogP contribution in [-0.2, 0) is 10.1 Å². The van der Waals surface area contributed by atoms with E-state index in [1.165, 1.54) is 0 Å².